The van der Waals surface area contributed by atoms with Crippen LogP contribution in [0.15, 0.2) is 0 Å². The normalized spacial score (nSPS) is 15.8. The van der Waals surface area contributed by atoms with E-state index < -0.39 is 5.97 Å². The Hall–Kier alpha value is -1.79. The lowest BCUT2D eigenvalue weighted by atomic mass is 10.3. The first-order valence-corrected chi connectivity index (χ1v) is 6.07. The van der Waals surface area contributed by atoms with Crippen LogP contribution >= 0.6 is 0 Å². The number of hydrogen-bond acceptors (Lipinski definition) is 3. The zero-order valence-electron chi connectivity index (χ0n) is 10.5. The summed E-state index contributed by atoms with van der Waals surface area (Å²) in [7, 11) is 0. The van der Waals surface area contributed by atoms with Gasteiger partial charge in [0.25, 0.3) is 0 Å². The highest BCUT2D eigenvalue weighted by Crippen LogP contribution is 2.04. The minimum atomic E-state index is -0.935. The molecule has 1 rings (SSSR count). The highest BCUT2D eigenvalue weighted by molar-refractivity contribution is 5.84. The fourth-order valence-electron chi connectivity index (χ4n) is 1.79. The van der Waals surface area contributed by atoms with Crippen LogP contribution in [0.3, 0.4) is 0 Å². The van der Waals surface area contributed by atoms with Crippen molar-refractivity contribution in [1.29, 1.82) is 0 Å². The molecule has 0 saturated carbocycles. The molecule has 0 bridgehead atoms. The van der Waals surface area contributed by atoms with Crippen molar-refractivity contribution < 1.29 is 19.5 Å². The van der Waals surface area contributed by atoms with Crippen LogP contribution in [0.5, 0.6) is 0 Å². The zero-order valence-corrected chi connectivity index (χ0v) is 10.5. The Bertz CT molecular complexity index is 332. The molecule has 1 saturated heterocycles. The summed E-state index contributed by atoms with van der Waals surface area (Å²) in [5.74, 6) is -1.11. The number of carboxylic acid groups (broad SMARTS) is 1. The molecule has 0 aromatic carbocycles. The Kier molecular flexibility index (Phi) is 5.41. The fourth-order valence-corrected chi connectivity index (χ4v) is 1.79. The second kappa shape index (κ2) is 6.83. The third-order valence-electron chi connectivity index (χ3n) is 2.78. The Morgan fingerprint density at radius 1 is 1.50 bits per heavy atom. The van der Waals surface area contributed by atoms with Gasteiger partial charge in [-0.05, 0) is 13.3 Å². The van der Waals surface area contributed by atoms with Crippen LogP contribution in [0.2, 0.25) is 0 Å². The van der Waals surface area contributed by atoms with Gasteiger partial charge in [0.05, 0.1) is 6.42 Å². The molecule has 1 aliphatic heterocycles. The Morgan fingerprint density at radius 2 is 2.22 bits per heavy atom. The van der Waals surface area contributed by atoms with Crippen LogP contribution < -0.4 is 5.32 Å². The van der Waals surface area contributed by atoms with Crippen LogP contribution in [-0.2, 0) is 9.59 Å². The summed E-state index contributed by atoms with van der Waals surface area (Å²) < 4.78 is 0. The average Bonchev–Trinajstić information content (AvgIpc) is 2.54. The Morgan fingerprint density at radius 3 is 2.83 bits per heavy atom. The van der Waals surface area contributed by atoms with Gasteiger partial charge in [-0.3, -0.25) is 9.59 Å². The predicted molar refractivity (Wildman–Crippen MR) is 64.1 cm³/mol. The van der Waals surface area contributed by atoms with Crippen LogP contribution in [0.25, 0.3) is 0 Å². The second-order valence-corrected chi connectivity index (χ2v) is 4.13. The van der Waals surface area contributed by atoms with E-state index in [-0.39, 0.29) is 31.4 Å². The molecular weight excluding hydrogens is 238 g/mol. The van der Waals surface area contributed by atoms with Crippen LogP contribution in [0, 0.1) is 0 Å². The molecule has 2 N–H and O–H groups in total. The van der Waals surface area contributed by atoms with Gasteiger partial charge < -0.3 is 20.2 Å². The number of aliphatic carboxylic acids is 1. The Labute approximate surface area is 106 Å². The summed E-state index contributed by atoms with van der Waals surface area (Å²) in [6, 6.07) is -0.268. The molecule has 18 heavy (non-hydrogen) atoms. The van der Waals surface area contributed by atoms with E-state index in [2.05, 4.69) is 5.32 Å². The van der Waals surface area contributed by atoms with E-state index in [0.29, 0.717) is 26.1 Å². The van der Waals surface area contributed by atoms with Crippen LogP contribution in [0.1, 0.15) is 19.8 Å². The van der Waals surface area contributed by atoms with Gasteiger partial charge in [0.15, 0.2) is 0 Å². The number of urea groups is 1. The molecule has 0 atom stereocenters. The maximum absolute atomic E-state index is 12.1. The molecule has 0 aromatic rings. The number of hydrogen-bond donors (Lipinski definition) is 2. The van der Waals surface area contributed by atoms with Crippen molar-refractivity contribution in [3.8, 4) is 0 Å². The summed E-state index contributed by atoms with van der Waals surface area (Å²) in [6.07, 6.45) is 0.633. The van der Waals surface area contributed by atoms with Crippen LogP contribution in [0.4, 0.5) is 4.79 Å². The van der Waals surface area contributed by atoms with Gasteiger partial charge in [0.1, 0.15) is 6.54 Å². The molecule has 0 aliphatic carbocycles. The lowest BCUT2D eigenvalue weighted by Crippen LogP contribution is -2.46. The second-order valence-electron chi connectivity index (χ2n) is 4.13. The van der Waals surface area contributed by atoms with E-state index in [1.165, 1.54) is 9.80 Å². The van der Waals surface area contributed by atoms with Gasteiger partial charge in [-0.2, -0.15) is 0 Å². The maximum Gasteiger partial charge on any atom is 0.320 e. The Balaban J connectivity index is 2.58. The number of nitrogens with one attached hydrogen (secondary N) is 1. The van der Waals surface area contributed by atoms with Gasteiger partial charge in [0.2, 0.25) is 5.91 Å². The SMILES string of the molecule is CCN(CCC(=O)O)C(=O)N1CCCNC(=O)C1. The smallest absolute Gasteiger partial charge is 0.320 e. The molecule has 7 heteroatoms. The molecule has 1 heterocycles. The van der Waals surface area contributed by atoms with Gasteiger partial charge in [-0.25, -0.2) is 4.79 Å². The number of carboxylic acids is 1. The standard InChI is InChI=1S/C11H19N3O4/c1-2-13(7-4-10(16)17)11(18)14-6-3-5-12-9(15)8-14/h2-8H2,1H3,(H,12,15)(H,16,17). The predicted octanol–water partition coefficient (Wildman–Crippen LogP) is -0.275. The maximum atomic E-state index is 12.1. The van der Waals surface area contributed by atoms with Crippen molar-refractivity contribution >= 4 is 17.9 Å². The topological polar surface area (TPSA) is 90.0 Å². The highest BCUT2D eigenvalue weighted by Gasteiger charge is 2.23. The van der Waals surface area contributed by atoms with E-state index in [9.17, 15) is 14.4 Å². The minimum absolute atomic E-state index is 0.0441. The van der Waals surface area contributed by atoms with Crippen molar-refractivity contribution in [3.05, 3.63) is 0 Å². The summed E-state index contributed by atoms with van der Waals surface area (Å²) in [5, 5.41) is 11.3. The summed E-state index contributed by atoms with van der Waals surface area (Å²) >= 11 is 0. The zero-order chi connectivity index (χ0) is 13.5. The van der Waals surface area contributed by atoms with Crippen LogP contribution in [-0.4, -0.2) is 65.5 Å². The van der Waals surface area contributed by atoms with Gasteiger partial charge >= 0.3 is 12.0 Å². The third-order valence-corrected chi connectivity index (χ3v) is 2.78. The molecule has 7 nitrogen and oxygen atoms in total. The first kappa shape index (κ1) is 14.3. The molecule has 102 valence electrons. The van der Waals surface area contributed by atoms with Gasteiger partial charge in [-0.15, -0.1) is 0 Å². The van der Waals surface area contributed by atoms with E-state index in [1.807, 2.05) is 0 Å². The van der Waals surface area contributed by atoms with Gasteiger partial charge in [-0.1, -0.05) is 0 Å². The monoisotopic (exact) mass is 257 g/mol. The number of nitrogens with zero attached hydrogens (tertiary/aromatic N) is 2. The molecule has 0 radical (unpaired) electrons. The van der Waals surface area contributed by atoms with E-state index in [1.54, 1.807) is 6.92 Å². The molecule has 1 fully saturated rings. The van der Waals surface area contributed by atoms with Crippen molar-refractivity contribution in [3.63, 3.8) is 0 Å². The summed E-state index contributed by atoms with van der Waals surface area (Å²) in [4.78, 5) is 36.9. The molecule has 1 aliphatic rings. The molecule has 0 spiro atoms. The van der Waals surface area contributed by atoms with Crippen molar-refractivity contribution in [1.82, 2.24) is 15.1 Å². The minimum Gasteiger partial charge on any atom is -0.481 e. The van der Waals surface area contributed by atoms with Gasteiger partial charge in [0, 0.05) is 26.2 Å². The van der Waals surface area contributed by atoms with Crippen molar-refractivity contribution in [2.24, 2.45) is 0 Å². The number of carbonyl (C=O) groups is 3. The van der Waals surface area contributed by atoms with E-state index >= 15 is 0 Å². The largest absolute Gasteiger partial charge is 0.481 e. The number of amides is 3. The molecular formula is C11H19N3O4. The number of rotatable bonds is 4. The van der Waals surface area contributed by atoms with E-state index in [4.69, 9.17) is 5.11 Å². The molecule has 0 aromatic heterocycles. The summed E-state index contributed by atoms with van der Waals surface area (Å²) in [5.41, 5.74) is 0. The third kappa shape index (κ3) is 4.23. The first-order valence-electron chi connectivity index (χ1n) is 6.07. The molecule has 3 amide bonds. The summed E-state index contributed by atoms with van der Waals surface area (Å²) in [6.45, 7) is 3.53. The van der Waals surface area contributed by atoms with E-state index in [0.717, 1.165) is 0 Å². The van der Waals surface area contributed by atoms with Crippen molar-refractivity contribution in [2.75, 3.05) is 32.7 Å². The number of carbonyl (C=O) groups excluding carboxylic acids is 2. The van der Waals surface area contributed by atoms with Crippen molar-refractivity contribution in [2.45, 2.75) is 19.8 Å². The molecule has 0 unspecified atom stereocenters. The average molecular weight is 257 g/mol. The first-order chi connectivity index (χ1) is 8.54. The highest BCUT2D eigenvalue weighted by atomic mass is 16.4. The lowest BCUT2D eigenvalue weighted by molar-refractivity contribution is -0.137. The lowest BCUT2D eigenvalue weighted by Gasteiger charge is -2.28. The fraction of sp³-hybridized carbons (Fsp3) is 0.727. The quantitative estimate of drug-likeness (QED) is 0.725.